The molecule has 2 aromatic heterocycles. The molecule has 3 aromatic rings. The van der Waals surface area contributed by atoms with Gasteiger partial charge in [-0.3, -0.25) is 14.5 Å². The van der Waals surface area contributed by atoms with E-state index in [1.807, 2.05) is 48.0 Å². The molecule has 0 saturated carbocycles. The molecule has 1 saturated heterocycles. The zero-order valence-electron chi connectivity index (χ0n) is 16.2. The second kappa shape index (κ2) is 7.67. The fraction of sp³-hybridized carbons (Fsp3) is 0.300. The molecule has 1 N–H and O–H groups in total. The van der Waals surface area contributed by atoms with Crippen LogP contribution in [-0.4, -0.2) is 64.1 Å². The molecular weight excluding hydrogens is 390 g/mol. The molecule has 9 heteroatoms. The van der Waals surface area contributed by atoms with Crippen LogP contribution in [0.15, 0.2) is 36.4 Å². The van der Waals surface area contributed by atoms with Gasteiger partial charge in [0, 0.05) is 25.5 Å². The third kappa shape index (κ3) is 3.61. The average molecular weight is 411 g/mol. The fourth-order valence-corrected chi connectivity index (χ4v) is 4.42. The van der Waals surface area contributed by atoms with Gasteiger partial charge in [-0.15, -0.1) is 11.3 Å². The first kappa shape index (κ1) is 19.1. The lowest BCUT2D eigenvalue weighted by Crippen LogP contribution is -2.34. The number of carbonyl (C=O) groups excluding carboxylic acids is 3. The van der Waals surface area contributed by atoms with Crippen LogP contribution in [-0.2, 0) is 4.79 Å². The maximum Gasteiger partial charge on any atom is 0.326 e. The molecule has 1 fully saturated rings. The predicted octanol–water partition coefficient (Wildman–Crippen LogP) is 2.41. The molecule has 0 unspecified atom stereocenters. The van der Waals surface area contributed by atoms with Crippen LogP contribution in [0.3, 0.4) is 0 Å². The zero-order chi connectivity index (χ0) is 20.5. The number of nitrogens with zero attached hydrogens (tertiary/aromatic N) is 4. The first-order valence-corrected chi connectivity index (χ1v) is 10.2. The molecule has 0 radical (unpaired) electrons. The van der Waals surface area contributed by atoms with Crippen LogP contribution >= 0.6 is 11.3 Å². The van der Waals surface area contributed by atoms with Gasteiger partial charge in [0.25, 0.3) is 5.91 Å². The number of nitrogens with one attached hydrogen (secondary N) is 1. The number of fused-ring (bicyclic) bond motifs is 1. The molecule has 4 amide bonds. The van der Waals surface area contributed by atoms with E-state index in [9.17, 15) is 14.4 Å². The molecule has 29 heavy (non-hydrogen) atoms. The zero-order valence-corrected chi connectivity index (χ0v) is 17.0. The number of thiophene rings is 1. The molecule has 1 aliphatic rings. The Labute approximate surface area is 171 Å². The molecular formula is C20H21N5O3S. The molecule has 1 aromatic carbocycles. The minimum atomic E-state index is -0.285. The Hall–Kier alpha value is -3.20. The van der Waals surface area contributed by atoms with Crippen molar-refractivity contribution in [2.75, 3.05) is 26.7 Å². The first-order valence-electron chi connectivity index (χ1n) is 9.34. The van der Waals surface area contributed by atoms with E-state index in [0.29, 0.717) is 24.4 Å². The van der Waals surface area contributed by atoms with E-state index in [2.05, 4.69) is 10.4 Å². The normalized spacial score (nSPS) is 14.3. The lowest BCUT2D eigenvalue weighted by Gasteiger charge is -2.13. The Kier molecular flexibility index (Phi) is 5.06. The number of hydrogen-bond acceptors (Lipinski definition) is 5. The van der Waals surface area contributed by atoms with Crippen LogP contribution in [0.1, 0.15) is 21.8 Å². The van der Waals surface area contributed by atoms with Gasteiger partial charge in [0.2, 0.25) is 5.91 Å². The molecule has 150 valence electrons. The van der Waals surface area contributed by atoms with E-state index < -0.39 is 0 Å². The van der Waals surface area contributed by atoms with Gasteiger partial charge >= 0.3 is 6.03 Å². The third-order valence-corrected chi connectivity index (χ3v) is 5.95. The Bertz CT molecular complexity index is 1090. The van der Waals surface area contributed by atoms with Crippen LogP contribution < -0.4 is 5.32 Å². The van der Waals surface area contributed by atoms with Gasteiger partial charge in [-0.25, -0.2) is 9.48 Å². The molecule has 3 heterocycles. The van der Waals surface area contributed by atoms with Gasteiger partial charge < -0.3 is 10.2 Å². The number of urea groups is 1. The smallest absolute Gasteiger partial charge is 0.326 e. The quantitative estimate of drug-likeness (QED) is 0.498. The van der Waals surface area contributed by atoms with Crippen molar-refractivity contribution in [3.05, 3.63) is 47.0 Å². The van der Waals surface area contributed by atoms with Crippen molar-refractivity contribution in [3.63, 3.8) is 0 Å². The van der Waals surface area contributed by atoms with E-state index in [4.69, 9.17) is 0 Å². The molecule has 4 rings (SSSR count). The number of benzene rings is 1. The largest absolute Gasteiger partial charge is 0.351 e. The van der Waals surface area contributed by atoms with E-state index in [1.165, 1.54) is 21.1 Å². The highest BCUT2D eigenvalue weighted by Gasteiger charge is 2.32. The maximum absolute atomic E-state index is 12.6. The summed E-state index contributed by atoms with van der Waals surface area (Å²) in [5.74, 6) is -0.365. The molecule has 1 aliphatic heterocycles. The van der Waals surface area contributed by atoms with Gasteiger partial charge in [0.05, 0.1) is 16.3 Å². The number of aromatic nitrogens is 2. The van der Waals surface area contributed by atoms with Crippen LogP contribution in [0.5, 0.6) is 0 Å². The highest BCUT2D eigenvalue weighted by molar-refractivity contribution is 7.20. The number of para-hydroxylation sites is 1. The summed E-state index contributed by atoms with van der Waals surface area (Å²) in [6.45, 7) is 2.73. The second-order valence-corrected chi connectivity index (χ2v) is 7.99. The molecule has 0 atom stereocenters. The number of aryl methyl sites for hydroxylation is 1. The molecule has 0 bridgehead atoms. The number of hydrogen-bond donors (Lipinski definition) is 1. The highest BCUT2D eigenvalue weighted by Crippen LogP contribution is 2.30. The first-order chi connectivity index (χ1) is 14.0. The van der Waals surface area contributed by atoms with Crippen molar-refractivity contribution in [3.8, 4) is 5.69 Å². The van der Waals surface area contributed by atoms with Crippen molar-refractivity contribution in [2.45, 2.75) is 13.3 Å². The average Bonchev–Trinajstić information content (AvgIpc) is 3.35. The summed E-state index contributed by atoms with van der Waals surface area (Å²) in [4.78, 5) is 40.3. The predicted molar refractivity (Wildman–Crippen MR) is 110 cm³/mol. The number of carbonyl (C=O) groups is 3. The van der Waals surface area contributed by atoms with E-state index >= 15 is 0 Å². The third-order valence-electron chi connectivity index (χ3n) is 4.84. The minimum Gasteiger partial charge on any atom is -0.351 e. The summed E-state index contributed by atoms with van der Waals surface area (Å²) in [5, 5.41) is 8.41. The van der Waals surface area contributed by atoms with Gasteiger partial charge in [-0.05, 0) is 31.5 Å². The van der Waals surface area contributed by atoms with Gasteiger partial charge in [-0.1, -0.05) is 18.2 Å². The second-order valence-electron chi connectivity index (χ2n) is 6.96. The Morgan fingerprint density at radius 3 is 2.69 bits per heavy atom. The topological polar surface area (TPSA) is 87.5 Å². The summed E-state index contributed by atoms with van der Waals surface area (Å²) in [5.41, 5.74) is 1.82. The molecule has 8 nitrogen and oxygen atoms in total. The molecule has 0 aliphatic carbocycles. The minimum absolute atomic E-state index is 0.116. The van der Waals surface area contributed by atoms with Crippen molar-refractivity contribution in [1.29, 1.82) is 0 Å². The van der Waals surface area contributed by atoms with Crippen LogP contribution in [0.4, 0.5) is 4.79 Å². The number of imide groups is 1. The van der Waals surface area contributed by atoms with Crippen LogP contribution in [0.2, 0.25) is 0 Å². The lowest BCUT2D eigenvalue weighted by molar-refractivity contribution is -0.125. The number of amides is 4. The van der Waals surface area contributed by atoms with Crippen LogP contribution in [0, 0.1) is 6.92 Å². The van der Waals surface area contributed by atoms with E-state index in [0.717, 1.165) is 21.6 Å². The van der Waals surface area contributed by atoms with Crippen molar-refractivity contribution in [1.82, 2.24) is 24.9 Å². The van der Waals surface area contributed by atoms with Gasteiger partial charge in [0.15, 0.2) is 0 Å². The maximum atomic E-state index is 12.6. The standard InChI is InChI=1S/C20H21N5O3S/c1-13-15-11-16(29-19(15)25(22-13)14-7-4-3-5-8-14)18(27)21-9-6-10-24-17(26)12-23(2)20(24)28/h3-5,7-8,11H,6,9-10,12H2,1-2H3,(H,21,27). The Morgan fingerprint density at radius 1 is 1.24 bits per heavy atom. The summed E-state index contributed by atoms with van der Waals surface area (Å²) in [6.07, 6.45) is 0.513. The van der Waals surface area contributed by atoms with Crippen molar-refractivity contribution < 1.29 is 14.4 Å². The number of rotatable bonds is 6. The molecule has 0 spiro atoms. The fourth-order valence-electron chi connectivity index (χ4n) is 3.32. The summed E-state index contributed by atoms with van der Waals surface area (Å²) in [7, 11) is 1.60. The SMILES string of the molecule is Cc1nn(-c2ccccc2)c2sc(C(=O)NCCCN3C(=O)CN(C)C3=O)cc12. The summed E-state index contributed by atoms with van der Waals surface area (Å²) >= 11 is 1.40. The van der Waals surface area contributed by atoms with Crippen molar-refractivity contribution in [2.24, 2.45) is 0 Å². The lowest BCUT2D eigenvalue weighted by atomic mass is 10.3. The van der Waals surface area contributed by atoms with E-state index in [-0.39, 0.29) is 24.4 Å². The van der Waals surface area contributed by atoms with Crippen LogP contribution in [0.25, 0.3) is 15.9 Å². The Balaban J connectivity index is 1.40. The van der Waals surface area contributed by atoms with Crippen molar-refractivity contribution >= 4 is 39.4 Å². The summed E-state index contributed by atoms with van der Waals surface area (Å²) in [6, 6.07) is 11.4. The highest BCUT2D eigenvalue weighted by atomic mass is 32.1. The van der Waals surface area contributed by atoms with Gasteiger partial charge in [0.1, 0.15) is 11.4 Å². The number of likely N-dealkylation sites (N-methyl/N-ethyl adjacent to an activating group) is 1. The van der Waals surface area contributed by atoms with Gasteiger partial charge in [-0.2, -0.15) is 5.10 Å². The monoisotopic (exact) mass is 411 g/mol. The van der Waals surface area contributed by atoms with E-state index in [1.54, 1.807) is 7.05 Å². The Morgan fingerprint density at radius 2 is 2.00 bits per heavy atom. The summed E-state index contributed by atoms with van der Waals surface area (Å²) < 4.78 is 1.85.